The van der Waals surface area contributed by atoms with Crippen molar-refractivity contribution in [3.8, 4) is 0 Å². The Labute approximate surface area is 288 Å². The van der Waals surface area contributed by atoms with Gasteiger partial charge in [-0.15, -0.1) is 0 Å². The van der Waals surface area contributed by atoms with E-state index in [-0.39, 0.29) is 33.2 Å². The van der Waals surface area contributed by atoms with E-state index in [0.29, 0.717) is 7.64 Å². The third-order valence-corrected chi connectivity index (χ3v) is 45.5. The summed E-state index contributed by atoms with van der Waals surface area (Å²) in [6.07, 6.45) is 0. The SMILES string of the molecule is CC(C)[Si](OS1(=O)=C([Si](C)(C)c2ccccc2)S(=O)(O[Si](C(C)C)(C(C)C)C(C)C)=C1[Si](C)(C)c1ccccc1)(C(C)C)C(C)C. The molecule has 0 unspecified atom stereocenters. The maximum absolute atomic E-state index is 16.6. The third-order valence-electron chi connectivity index (χ3n) is 10.9. The van der Waals surface area contributed by atoms with Crippen LogP contribution in [0.4, 0.5) is 0 Å². The van der Waals surface area contributed by atoms with Crippen molar-refractivity contribution in [2.75, 3.05) is 0 Å². The van der Waals surface area contributed by atoms with E-state index >= 15 is 8.42 Å². The van der Waals surface area contributed by atoms with Gasteiger partial charge >= 0.3 is 0 Å². The summed E-state index contributed by atoms with van der Waals surface area (Å²) >= 11 is 0. The number of hydrogen-bond acceptors (Lipinski definition) is 4. The highest BCUT2D eigenvalue weighted by molar-refractivity contribution is 8.53. The summed E-state index contributed by atoms with van der Waals surface area (Å²) in [5.74, 6) is 0. The molecular formula is C36H64O4S2Si4. The number of rotatable bonds is 14. The van der Waals surface area contributed by atoms with E-state index in [9.17, 15) is 0 Å². The Morgan fingerprint density at radius 1 is 0.435 bits per heavy atom. The molecule has 0 radical (unpaired) electrons. The highest BCUT2D eigenvalue weighted by Crippen LogP contribution is 2.50. The Hall–Kier alpha value is -0.732. The van der Waals surface area contributed by atoms with Gasteiger partial charge in [-0.25, -0.2) is 8.42 Å². The van der Waals surface area contributed by atoms with Crippen LogP contribution in [0.1, 0.15) is 83.1 Å². The average Bonchev–Trinajstić information content (AvgIpc) is 2.93. The summed E-state index contributed by atoms with van der Waals surface area (Å²) in [6, 6.07) is 20.8. The summed E-state index contributed by atoms with van der Waals surface area (Å²) in [6.45, 7) is 35.8. The first kappa shape index (κ1) is 39.7. The van der Waals surface area contributed by atoms with Crippen molar-refractivity contribution in [3.63, 3.8) is 0 Å². The first-order valence-corrected chi connectivity index (χ1v) is 30.6. The first-order valence-electron chi connectivity index (χ1n) is 17.4. The van der Waals surface area contributed by atoms with E-state index in [0.717, 1.165) is 10.4 Å². The minimum atomic E-state index is -3.29. The predicted molar refractivity (Wildman–Crippen MR) is 218 cm³/mol. The first-order chi connectivity index (χ1) is 21.0. The zero-order valence-electron chi connectivity index (χ0n) is 31.7. The molecule has 260 valence electrons. The molecule has 2 aromatic rings. The van der Waals surface area contributed by atoms with Crippen molar-refractivity contribution in [1.82, 2.24) is 0 Å². The molecule has 1 heterocycles. The lowest BCUT2D eigenvalue weighted by molar-refractivity contribution is 0.497. The molecule has 0 amide bonds. The van der Waals surface area contributed by atoms with Crippen molar-refractivity contribution in [3.05, 3.63) is 60.7 Å². The lowest BCUT2D eigenvalue weighted by Gasteiger charge is -2.52. The Balaban J connectivity index is 2.67. The van der Waals surface area contributed by atoms with Gasteiger partial charge in [-0.1, -0.05) is 180 Å². The van der Waals surface area contributed by atoms with Crippen LogP contribution in [0.15, 0.2) is 60.7 Å². The fraction of sp³-hybridized carbons (Fsp3) is 0.611. The molecule has 1 aliphatic heterocycles. The highest BCUT2D eigenvalue weighted by atomic mass is 32.3. The van der Waals surface area contributed by atoms with Crippen molar-refractivity contribution < 1.29 is 16.2 Å². The molecule has 10 heteroatoms. The summed E-state index contributed by atoms with van der Waals surface area (Å²) in [5, 5.41) is 2.24. The normalized spacial score (nSPS) is 21.8. The Morgan fingerprint density at radius 3 is 0.848 bits per heavy atom. The van der Waals surface area contributed by atoms with Gasteiger partial charge in [-0.2, -0.15) is 0 Å². The highest BCUT2D eigenvalue weighted by Gasteiger charge is 2.63. The summed E-state index contributed by atoms with van der Waals surface area (Å²) in [7, 11) is -17.7. The zero-order chi connectivity index (χ0) is 35.3. The van der Waals surface area contributed by atoms with E-state index in [4.69, 9.17) is 7.74 Å². The molecule has 0 saturated carbocycles. The van der Waals surface area contributed by atoms with Gasteiger partial charge in [0.1, 0.15) is 43.4 Å². The molecule has 0 saturated heterocycles. The van der Waals surface area contributed by atoms with Gasteiger partial charge in [0.25, 0.3) is 0 Å². The second-order valence-electron chi connectivity index (χ2n) is 16.4. The van der Waals surface area contributed by atoms with Gasteiger partial charge in [0.15, 0.2) is 0 Å². The van der Waals surface area contributed by atoms with Crippen LogP contribution >= 0.6 is 0 Å². The van der Waals surface area contributed by atoms with Crippen molar-refractivity contribution in [2.24, 2.45) is 0 Å². The van der Waals surface area contributed by atoms with Crippen molar-refractivity contribution in [2.45, 2.75) is 143 Å². The summed E-state index contributed by atoms with van der Waals surface area (Å²) in [5.41, 5.74) is 1.36. The largest absolute Gasteiger partial charge is 0.337 e. The molecule has 0 N–H and O–H groups in total. The molecule has 0 aromatic heterocycles. The molecule has 0 fully saturated rings. The minimum Gasteiger partial charge on any atom is -0.337 e. The topological polar surface area (TPSA) is 52.6 Å². The van der Waals surface area contributed by atoms with Crippen LogP contribution < -0.4 is 10.4 Å². The molecular weight excluding hydrogens is 673 g/mol. The summed E-state index contributed by atoms with van der Waals surface area (Å²) < 4.78 is 49.7. The quantitative estimate of drug-likeness (QED) is 0.143. The van der Waals surface area contributed by atoms with Crippen LogP contribution in [-0.2, 0) is 27.3 Å². The molecule has 46 heavy (non-hydrogen) atoms. The van der Waals surface area contributed by atoms with Crippen LogP contribution in [0, 0.1) is 0 Å². The fourth-order valence-corrected chi connectivity index (χ4v) is 49.1. The Morgan fingerprint density at radius 2 is 0.652 bits per heavy atom. The van der Waals surface area contributed by atoms with Crippen LogP contribution in [-0.4, -0.2) is 48.8 Å². The van der Waals surface area contributed by atoms with E-state index in [1.54, 1.807) is 0 Å². The monoisotopic (exact) mass is 736 g/mol. The van der Waals surface area contributed by atoms with Gasteiger partial charge in [0, 0.05) is 0 Å². The number of benzene rings is 2. The molecule has 3 rings (SSSR count). The smallest absolute Gasteiger partial charge is 0.221 e. The molecule has 0 atom stereocenters. The van der Waals surface area contributed by atoms with Crippen LogP contribution in [0.3, 0.4) is 0 Å². The molecule has 2 aromatic carbocycles. The van der Waals surface area contributed by atoms with Gasteiger partial charge in [0.2, 0.25) is 16.6 Å². The maximum atomic E-state index is 16.6. The fourth-order valence-electron chi connectivity index (χ4n) is 8.85. The van der Waals surface area contributed by atoms with Crippen LogP contribution in [0.2, 0.25) is 59.4 Å². The minimum absolute atomic E-state index is 0.226. The van der Waals surface area contributed by atoms with Gasteiger partial charge in [-0.05, 0) is 33.2 Å². The van der Waals surface area contributed by atoms with Gasteiger partial charge < -0.3 is 7.74 Å². The summed E-state index contributed by atoms with van der Waals surface area (Å²) in [4.78, 5) is 0. The lowest BCUT2D eigenvalue weighted by atomic mass is 10.4. The Bertz CT molecular complexity index is 1420. The standard InChI is InChI=1S/C36H64O4S2Si4/c1-27(2)45(28(3)4,29(5)6)39-41(37)35(43(13,14)33-23-19-17-20-24-33)42(38,40-46(30(7)8,31(9)10)32(11)12)36(41)44(15,16)34-25-21-18-22-26-34/h17-32H,1-16H3. The second kappa shape index (κ2) is 13.9. The van der Waals surface area contributed by atoms with E-state index in [1.165, 1.54) is 0 Å². The van der Waals surface area contributed by atoms with Gasteiger partial charge in [-0.3, -0.25) is 0 Å². The second-order valence-corrected chi connectivity index (χ2v) is 42.3. The van der Waals surface area contributed by atoms with Crippen molar-refractivity contribution in [1.29, 1.82) is 0 Å². The molecule has 1 aliphatic rings. The third kappa shape index (κ3) is 6.24. The van der Waals surface area contributed by atoms with Crippen molar-refractivity contribution >= 4 is 70.4 Å². The van der Waals surface area contributed by atoms with Crippen LogP contribution in [0.25, 0.3) is 0 Å². The predicted octanol–water partition coefficient (Wildman–Crippen LogP) is 9.35. The molecule has 4 nitrogen and oxygen atoms in total. The molecule has 0 aliphatic carbocycles. The zero-order valence-corrected chi connectivity index (χ0v) is 37.3. The van der Waals surface area contributed by atoms with E-state index in [1.807, 2.05) is 36.4 Å². The Kier molecular flexibility index (Phi) is 12.0. The molecule has 0 bridgehead atoms. The molecule has 0 spiro atoms. The number of hydrogen-bond donors (Lipinski definition) is 0. The van der Waals surface area contributed by atoms with Crippen LogP contribution in [0.5, 0.6) is 0 Å². The van der Waals surface area contributed by atoms with Gasteiger partial charge in [0.05, 0.1) is 0 Å². The maximum Gasteiger partial charge on any atom is 0.221 e. The van der Waals surface area contributed by atoms with E-state index < -0.39 is 52.4 Å². The lowest BCUT2D eigenvalue weighted by Crippen LogP contribution is -2.73. The average molecular weight is 737 g/mol. The van der Waals surface area contributed by atoms with E-state index in [2.05, 4.69) is 134 Å².